The summed E-state index contributed by atoms with van der Waals surface area (Å²) in [5.74, 6) is 0.313. The van der Waals surface area contributed by atoms with E-state index in [1.54, 1.807) is 0 Å². The molecule has 1 aromatic carbocycles. The standard InChI is InChI=1S/C15H17BrO2/c1-18-12-4-6-15(7-5-12)9-10-2-3-11(16)8-13(10)14(15)17/h2-3,8,12H,4-7,9H2,1H3/i1D. The first-order chi connectivity index (χ1) is 9.14. The number of ether oxygens (including phenoxy) is 1. The number of fused-ring (bicyclic) bond motifs is 1. The molecule has 0 radical (unpaired) electrons. The van der Waals surface area contributed by atoms with Gasteiger partial charge in [0, 0.05) is 22.5 Å². The van der Waals surface area contributed by atoms with E-state index in [2.05, 4.69) is 22.0 Å². The van der Waals surface area contributed by atoms with Crippen LogP contribution in [0.2, 0.25) is 0 Å². The highest BCUT2D eigenvalue weighted by Gasteiger charge is 2.47. The molecular formula is C15H17BrO2. The molecule has 0 unspecified atom stereocenters. The van der Waals surface area contributed by atoms with Crippen molar-refractivity contribution in [2.75, 3.05) is 7.09 Å². The van der Waals surface area contributed by atoms with Crippen molar-refractivity contribution in [2.24, 2.45) is 5.41 Å². The second kappa shape index (κ2) is 4.46. The zero-order valence-electron chi connectivity index (χ0n) is 11.2. The second-order valence-corrected chi connectivity index (χ2v) is 6.37. The first-order valence-electron chi connectivity index (χ1n) is 7.09. The predicted octanol–water partition coefficient (Wildman–Crippen LogP) is 3.76. The van der Waals surface area contributed by atoms with Crippen molar-refractivity contribution in [3.8, 4) is 0 Å². The lowest BCUT2D eigenvalue weighted by atomic mass is 9.70. The number of Topliss-reactive ketones (excluding diaryl/α,β-unsaturated/α-hetero) is 1. The molecule has 1 saturated carbocycles. The Morgan fingerprint density at radius 2 is 2.22 bits per heavy atom. The van der Waals surface area contributed by atoms with Crippen LogP contribution in [0.25, 0.3) is 0 Å². The maximum Gasteiger partial charge on any atom is 0.169 e. The fourth-order valence-electron chi connectivity index (χ4n) is 3.36. The van der Waals surface area contributed by atoms with E-state index in [0.717, 1.165) is 42.1 Å². The first kappa shape index (κ1) is 11.2. The molecule has 0 amide bonds. The third-order valence-corrected chi connectivity index (χ3v) is 4.95. The Morgan fingerprint density at radius 3 is 2.94 bits per heavy atom. The number of halogens is 1. The lowest BCUT2D eigenvalue weighted by Crippen LogP contribution is -2.35. The van der Waals surface area contributed by atoms with Crippen LogP contribution in [0.3, 0.4) is 0 Å². The second-order valence-electron chi connectivity index (χ2n) is 5.45. The number of rotatable bonds is 1. The van der Waals surface area contributed by atoms with Crippen LogP contribution in [0.5, 0.6) is 0 Å². The molecule has 3 rings (SSSR count). The molecule has 3 heteroatoms. The minimum absolute atomic E-state index is 0.0266. The highest BCUT2D eigenvalue weighted by atomic mass is 79.9. The Bertz CT molecular complexity index is 507. The zero-order chi connectivity index (χ0) is 13.5. The molecule has 96 valence electrons. The van der Waals surface area contributed by atoms with Crippen LogP contribution < -0.4 is 0 Å². The van der Waals surface area contributed by atoms with Gasteiger partial charge in [0.15, 0.2) is 5.78 Å². The van der Waals surface area contributed by atoms with Gasteiger partial charge in [0.2, 0.25) is 0 Å². The van der Waals surface area contributed by atoms with Crippen LogP contribution in [0.15, 0.2) is 22.7 Å². The SMILES string of the molecule is [2H]COC1CCC2(CC1)Cc1ccc(Br)cc1C2=O. The molecule has 0 aliphatic heterocycles. The van der Waals surface area contributed by atoms with Crippen molar-refractivity contribution in [3.63, 3.8) is 0 Å². The average Bonchev–Trinajstić information content (AvgIpc) is 2.67. The van der Waals surface area contributed by atoms with Crippen LogP contribution in [-0.2, 0) is 11.2 Å². The van der Waals surface area contributed by atoms with E-state index in [-0.39, 0.29) is 18.6 Å². The van der Waals surface area contributed by atoms with Crippen LogP contribution >= 0.6 is 15.9 Å². The van der Waals surface area contributed by atoms with Crippen molar-refractivity contribution < 1.29 is 10.9 Å². The number of ketones is 1. The van der Waals surface area contributed by atoms with Gasteiger partial charge in [0.1, 0.15) is 0 Å². The summed E-state index contributed by atoms with van der Waals surface area (Å²) < 4.78 is 13.5. The summed E-state index contributed by atoms with van der Waals surface area (Å²) in [6.07, 6.45) is 4.64. The zero-order valence-corrected chi connectivity index (χ0v) is 11.8. The van der Waals surface area contributed by atoms with E-state index >= 15 is 0 Å². The van der Waals surface area contributed by atoms with E-state index in [1.165, 1.54) is 5.56 Å². The van der Waals surface area contributed by atoms with E-state index < -0.39 is 0 Å². The Kier molecular flexibility index (Phi) is 2.77. The third kappa shape index (κ3) is 1.84. The Morgan fingerprint density at radius 1 is 1.44 bits per heavy atom. The van der Waals surface area contributed by atoms with Gasteiger partial charge >= 0.3 is 0 Å². The maximum absolute atomic E-state index is 12.7. The monoisotopic (exact) mass is 309 g/mol. The number of carbonyl (C=O) groups excluding carboxylic acids is 1. The summed E-state index contributed by atoms with van der Waals surface area (Å²) in [4.78, 5) is 12.7. The van der Waals surface area contributed by atoms with Crippen LogP contribution in [0.1, 0.15) is 43.0 Å². The molecule has 0 heterocycles. The number of hydrogen-bond donors (Lipinski definition) is 0. The molecule has 2 aliphatic carbocycles. The smallest absolute Gasteiger partial charge is 0.169 e. The molecule has 1 aromatic rings. The molecular weight excluding hydrogens is 292 g/mol. The fraction of sp³-hybridized carbons (Fsp3) is 0.533. The van der Waals surface area contributed by atoms with Crippen molar-refractivity contribution >= 4 is 21.7 Å². The fourth-order valence-corrected chi connectivity index (χ4v) is 3.72. The number of methoxy groups -OCH3 is 1. The minimum atomic E-state index is -0.189. The van der Waals surface area contributed by atoms with Crippen molar-refractivity contribution in [1.29, 1.82) is 0 Å². The molecule has 18 heavy (non-hydrogen) atoms. The largest absolute Gasteiger partial charge is 0.381 e. The van der Waals surface area contributed by atoms with Crippen molar-refractivity contribution in [2.45, 2.75) is 38.2 Å². The summed E-state index contributed by atoms with van der Waals surface area (Å²) in [5, 5.41) is 0. The predicted molar refractivity (Wildman–Crippen MR) is 73.9 cm³/mol. The normalized spacial score (nSPS) is 31.5. The molecule has 0 N–H and O–H groups in total. The molecule has 0 aromatic heterocycles. The summed E-state index contributed by atoms with van der Waals surface area (Å²) in [6.45, 7) is 0. The van der Waals surface area contributed by atoms with Crippen LogP contribution in [0, 0.1) is 5.41 Å². The highest BCUT2D eigenvalue weighted by Crippen LogP contribution is 2.47. The highest BCUT2D eigenvalue weighted by molar-refractivity contribution is 9.10. The van der Waals surface area contributed by atoms with E-state index in [9.17, 15) is 4.79 Å². The number of hydrogen-bond acceptors (Lipinski definition) is 2. The third-order valence-electron chi connectivity index (χ3n) is 4.45. The van der Waals surface area contributed by atoms with E-state index in [0.29, 0.717) is 5.78 Å². The Labute approximate surface area is 117 Å². The molecule has 2 aliphatic rings. The topological polar surface area (TPSA) is 26.3 Å². The molecule has 0 saturated heterocycles. The summed E-state index contributed by atoms with van der Waals surface area (Å²) in [7, 11) is 0.0266. The van der Waals surface area contributed by atoms with Crippen LogP contribution in [0.4, 0.5) is 0 Å². The van der Waals surface area contributed by atoms with Gasteiger partial charge in [-0.2, -0.15) is 0 Å². The Hall–Kier alpha value is -0.670. The molecule has 1 spiro atoms. The van der Waals surface area contributed by atoms with Crippen LogP contribution in [-0.4, -0.2) is 19.0 Å². The van der Waals surface area contributed by atoms with Gasteiger partial charge in [-0.3, -0.25) is 4.79 Å². The van der Waals surface area contributed by atoms with E-state index in [1.807, 2.05) is 12.1 Å². The average molecular weight is 310 g/mol. The number of carbonyl (C=O) groups is 1. The lowest BCUT2D eigenvalue weighted by molar-refractivity contribution is 0.0285. The van der Waals surface area contributed by atoms with Gasteiger partial charge in [-0.15, -0.1) is 0 Å². The van der Waals surface area contributed by atoms with Crippen molar-refractivity contribution in [1.82, 2.24) is 0 Å². The maximum atomic E-state index is 12.7. The van der Waals surface area contributed by atoms with Gasteiger partial charge in [-0.05, 0) is 49.8 Å². The van der Waals surface area contributed by atoms with Gasteiger partial charge in [0.25, 0.3) is 0 Å². The Balaban J connectivity index is 1.80. The van der Waals surface area contributed by atoms with Gasteiger partial charge in [0.05, 0.1) is 7.47 Å². The number of benzene rings is 1. The van der Waals surface area contributed by atoms with Gasteiger partial charge in [-0.25, -0.2) is 0 Å². The van der Waals surface area contributed by atoms with Gasteiger partial charge < -0.3 is 4.74 Å². The molecule has 0 atom stereocenters. The summed E-state index contributed by atoms with van der Waals surface area (Å²) in [5.41, 5.74) is 1.90. The quantitative estimate of drug-likeness (QED) is 0.789. The minimum Gasteiger partial charge on any atom is -0.381 e. The molecule has 0 bridgehead atoms. The van der Waals surface area contributed by atoms with E-state index in [4.69, 9.17) is 6.11 Å². The molecule has 1 fully saturated rings. The lowest BCUT2D eigenvalue weighted by Gasteiger charge is -2.35. The summed E-state index contributed by atoms with van der Waals surface area (Å²) >= 11 is 3.44. The summed E-state index contributed by atoms with van der Waals surface area (Å²) in [6, 6.07) is 6.04. The van der Waals surface area contributed by atoms with Crippen molar-refractivity contribution in [3.05, 3.63) is 33.8 Å². The van der Waals surface area contributed by atoms with Gasteiger partial charge in [-0.1, -0.05) is 22.0 Å². The first-order valence-corrected chi connectivity index (χ1v) is 7.18. The molecule has 2 nitrogen and oxygen atoms in total.